The highest BCUT2D eigenvalue weighted by Gasteiger charge is 2.31. The predicted molar refractivity (Wildman–Crippen MR) is 116 cm³/mol. The molecule has 180 valence electrons. The van der Waals surface area contributed by atoms with E-state index in [1.54, 1.807) is 11.8 Å². The number of rotatable bonds is 8. The van der Waals surface area contributed by atoms with Gasteiger partial charge in [0.2, 0.25) is 11.7 Å². The van der Waals surface area contributed by atoms with E-state index in [1.807, 2.05) is 11.8 Å². The summed E-state index contributed by atoms with van der Waals surface area (Å²) in [5.41, 5.74) is -1.14. The van der Waals surface area contributed by atoms with E-state index in [4.69, 9.17) is 9.47 Å². The first-order chi connectivity index (χ1) is 15.8. The lowest BCUT2D eigenvalue weighted by Gasteiger charge is -2.36. The van der Waals surface area contributed by atoms with Crippen LogP contribution in [0.3, 0.4) is 0 Å². The van der Waals surface area contributed by atoms with Crippen LogP contribution in [0.1, 0.15) is 25.8 Å². The molecule has 1 saturated heterocycles. The SMILES string of the molecule is CCOCCOc1c(N2CCN(C(=O)CC)CC2)cnn(-c2cccc(C(F)(F)F)c2)c1=O. The Hall–Kier alpha value is -3.08. The van der Waals surface area contributed by atoms with E-state index >= 15 is 0 Å². The van der Waals surface area contributed by atoms with Gasteiger partial charge >= 0.3 is 11.7 Å². The quantitative estimate of drug-likeness (QED) is 0.555. The van der Waals surface area contributed by atoms with Crippen LogP contribution in [0.2, 0.25) is 0 Å². The zero-order chi connectivity index (χ0) is 24.0. The highest BCUT2D eigenvalue weighted by atomic mass is 19.4. The zero-order valence-corrected chi connectivity index (χ0v) is 18.6. The van der Waals surface area contributed by atoms with E-state index in [0.29, 0.717) is 44.9 Å². The maximum absolute atomic E-state index is 13.2. The van der Waals surface area contributed by atoms with Crippen LogP contribution in [0.4, 0.5) is 18.9 Å². The molecule has 2 heterocycles. The van der Waals surface area contributed by atoms with Crippen molar-refractivity contribution in [2.75, 3.05) is 50.9 Å². The number of carbonyl (C=O) groups excluding carboxylic acids is 1. The molecule has 0 unspecified atom stereocenters. The van der Waals surface area contributed by atoms with Crippen LogP contribution < -0.4 is 15.2 Å². The van der Waals surface area contributed by atoms with Crippen molar-refractivity contribution >= 4 is 11.6 Å². The van der Waals surface area contributed by atoms with E-state index in [-0.39, 0.29) is 30.6 Å². The molecule has 1 aliphatic heterocycles. The van der Waals surface area contributed by atoms with Crippen LogP contribution in [0, 0.1) is 0 Å². The fourth-order valence-electron chi connectivity index (χ4n) is 3.56. The molecule has 0 saturated carbocycles. The first-order valence-electron chi connectivity index (χ1n) is 10.8. The summed E-state index contributed by atoms with van der Waals surface area (Å²) < 4.78 is 51.3. The lowest BCUT2D eigenvalue weighted by Crippen LogP contribution is -2.49. The van der Waals surface area contributed by atoms with Crippen molar-refractivity contribution in [2.45, 2.75) is 26.4 Å². The van der Waals surface area contributed by atoms with Gasteiger partial charge in [0, 0.05) is 39.2 Å². The number of amides is 1. The van der Waals surface area contributed by atoms with Gasteiger partial charge in [-0.15, -0.1) is 0 Å². The Morgan fingerprint density at radius 3 is 2.48 bits per heavy atom. The standard InChI is InChI=1S/C22H27F3N4O4/c1-3-19(30)28-10-8-27(9-11-28)18-15-26-29(21(31)20(18)33-13-12-32-4-2)17-7-5-6-16(14-17)22(23,24)25/h5-7,14-15H,3-4,8-13H2,1-2H3. The summed E-state index contributed by atoms with van der Waals surface area (Å²) >= 11 is 0. The molecule has 0 aliphatic carbocycles. The number of piperazine rings is 1. The molecule has 3 rings (SSSR count). The Morgan fingerprint density at radius 2 is 1.85 bits per heavy atom. The minimum Gasteiger partial charge on any atom is -0.484 e. The third-order valence-corrected chi connectivity index (χ3v) is 5.29. The number of hydrogen-bond donors (Lipinski definition) is 0. The molecule has 1 aromatic heterocycles. The Morgan fingerprint density at radius 1 is 1.12 bits per heavy atom. The Labute approximate surface area is 189 Å². The van der Waals surface area contributed by atoms with Crippen molar-refractivity contribution in [3.05, 3.63) is 46.4 Å². The maximum atomic E-state index is 13.2. The third kappa shape index (κ3) is 5.84. The van der Waals surface area contributed by atoms with Gasteiger partial charge in [0.25, 0.3) is 0 Å². The number of halogens is 3. The number of aromatic nitrogens is 2. The molecule has 0 atom stereocenters. The lowest BCUT2D eigenvalue weighted by molar-refractivity contribution is -0.137. The van der Waals surface area contributed by atoms with Gasteiger partial charge in [-0.25, -0.2) is 0 Å². The summed E-state index contributed by atoms with van der Waals surface area (Å²) in [5.74, 6) is 0.0401. The van der Waals surface area contributed by atoms with E-state index < -0.39 is 17.3 Å². The minimum atomic E-state index is -4.55. The molecule has 0 bridgehead atoms. The fourth-order valence-corrected chi connectivity index (χ4v) is 3.56. The van der Waals surface area contributed by atoms with E-state index in [0.717, 1.165) is 16.8 Å². The smallest absolute Gasteiger partial charge is 0.416 e. The van der Waals surface area contributed by atoms with Crippen LogP contribution in [-0.4, -0.2) is 66.6 Å². The van der Waals surface area contributed by atoms with Crippen LogP contribution >= 0.6 is 0 Å². The Bertz CT molecular complexity index is 1020. The van der Waals surface area contributed by atoms with Crippen molar-refractivity contribution in [1.29, 1.82) is 0 Å². The molecule has 0 spiro atoms. The van der Waals surface area contributed by atoms with Gasteiger partial charge in [-0.3, -0.25) is 9.59 Å². The first-order valence-corrected chi connectivity index (χ1v) is 10.8. The highest BCUT2D eigenvalue weighted by Crippen LogP contribution is 2.31. The number of nitrogens with zero attached hydrogens (tertiary/aromatic N) is 4. The monoisotopic (exact) mass is 468 g/mol. The molecule has 33 heavy (non-hydrogen) atoms. The summed E-state index contributed by atoms with van der Waals surface area (Å²) in [5, 5.41) is 4.13. The average Bonchev–Trinajstić information content (AvgIpc) is 2.81. The normalized spacial score (nSPS) is 14.5. The van der Waals surface area contributed by atoms with Crippen molar-refractivity contribution in [2.24, 2.45) is 0 Å². The second-order valence-electron chi connectivity index (χ2n) is 7.39. The van der Waals surface area contributed by atoms with E-state index in [2.05, 4.69) is 5.10 Å². The molecular weight excluding hydrogens is 441 g/mol. The zero-order valence-electron chi connectivity index (χ0n) is 18.6. The van der Waals surface area contributed by atoms with Crippen LogP contribution in [0.25, 0.3) is 5.69 Å². The molecule has 1 aromatic carbocycles. The van der Waals surface area contributed by atoms with Gasteiger partial charge in [-0.05, 0) is 25.1 Å². The highest BCUT2D eigenvalue weighted by molar-refractivity contribution is 5.76. The topological polar surface area (TPSA) is 76.9 Å². The van der Waals surface area contributed by atoms with E-state index in [1.165, 1.54) is 18.3 Å². The second-order valence-corrected chi connectivity index (χ2v) is 7.39. The molecule has 0 N–H and O–H groups in total. The summed E-state index contributed by atoms with van der Waals surface area (Å²) in [6.07, 6.45) is -2.72. The van der Waals surface area contributed by atoms with Crippen LogP contribution in [0.15, 0.2) is 35.3 Å². The summed E-state index contributed by atoms with van der Waals surface area (Å²) in [6, 6.07) is 4.40. The molecule has 1 amide bonds. The maximum Gasteiger partial charge on any atom is 0.416 e. The Balaban J connectivity index is 1.94. The van der Waals surface area contributed by atoms with Gasteiger partial charge < -0.3 is 19.3 Å². The van der Waals surface area contributed by atoms with Gasteiger partial charge in [-0.1, -0.05) is 13.0 Å². The van der Waals surface area contributed by atoms with Gasteiger partial charge in [0.1, 0.15) is 12.3 Å². The molecule has 1 aliphatic rings. The summed E-state index contributed by atoms with van der Waals surface area (Å²) in [6.45, 7) is 6.38. The van der Waals surface area contributed by atoms with Crippen molar-refractivity contribution in [3.63, 3.8) is 0 Å². The largest absolute Gasteiger partial charge is 0.484 e. The van der Waals surface area contributed by atoms with Crippen LogP contribution in [-0.2, 0) is 15.7 Å². The molecule has 8 nitrogen and oxygen atoms in total. The van der Waals surface area contributed by atoms with Crippen LogP contribution in [0.5, 0.6) is 5.75 Å². The molecule has 1 fully saturated rings. The fraction of sp³-hybridized carbons (Fsp3) is 0.500. The molecule has 0 radical (unpaired) electrons. The molecular formula is C22H27F3N4O4. The van der Waals surface area contributed by atoms with Crippen molar-refractivity contribution in [3.8, 4) is 11.4 Å². The second kappa shape index (κ2) is 10.7. The van der Waals surface area contributed by atoms with E-state index in [9.17, 15) is 22.8 Å². The van der Waals surface area contributed by atoms with Crippen molar-refractivity contribution < 1.29 is 27.4 Å². The lowest BCUT2D eigenvalue weighted by atomic mass is 10.2. The number of anilines is 1. The van der Waals surface area contributed by atoms with Gasteiger partial charge in [0.15, 0.2) is 0 Å². The number of alkyl halides is 3. The number of hydrogen-bond acceptors (Lipinski definition) is 6. The molecule has 2 aromatic rings. The minimum absolute atomic E-state index is 0.0163. The third-order valence-electron chi connectivity index (χ3n) is 5.29. The average molecular weight is 468 g/mol. The predicted octanol–water partition coefficient (Wildman–Crippen LogP) is 2.73. The summed E-state index contributed by atoms with van der Waals surface area (Å²) in [4.78, 5) is 28.8. The van der Waals surface area contributed by atoms with Gasteiger partial charge in [0.05, 0.1) is 24.1 Å². The first kappa shape index (κ1) is 24.6. The number of ether oxygens (including phenoxy) is 2. The summed E-state index contributed by atoms with van der Waals surface area (Å²) in [7, 11) is 0. The van der Waals surface area contributed by atoms with Gasteiger partial charge in [-0.2, -0.15) is 23.0 Å². The Kier molecular flexibility index (Phi) is 7.96. The van der Waals surface area contributed by atoms with Crippen molar-refractivity contribution in [1.82, 2.24) is 14.7 Å². The number of carbonyl (C=O) groups is 1. The molecule has 11 heteroatoms. The number of benzene rings is 1.